The Morgan fingerprint density at radius 1 is 1.11 bits per heavy atom. The van der Waals surface area contributed by atoms with Crippen molar-refractivity contribution in [3.63, 3.8) is 0 Å². The van der Waals surface area contributed by atoms with Gasteiger partial charge >= 0.3 is 11.6 Å². The van der Waals surface area contributed by atoms with Crippen molar-refractivity contribution in [2.75, 3.05) is 13.2 Å². The molecule has 3 fully saturated rings. The predicted molar refractivity (Wildman–Crippen MR) is 120 cm³/mol. The highest BCUT2D eigenvalue weighted by Crippen LogP contribution is 2.66. The van der Waals surface area contributed by atoms with Crippen molar-refractivity contribution in [3.8, 4) is 0 Å². The van der Waals surface area contributed by atoms with Crippen molar-refractivity contribution in [3.05, 3.63) is 33.4 Å². The first-order valence-electron chi connectivity index (χ1n) is 11.8. The second kappa shape index (κ2) is 7.74. The molecular weight excluding hydrogens is 484 g/mol. The van der Waals surface area contributed by atoms with E-state index in [2.05, 4.69) is 0 Å². The number of esters is 1. The molecule has 2 aliphatic heterocycles. The highest BCUT2D eigenvalue weighted by atomic mass is 35.5. The summed E-state index contributed by atoms with van der Waals surface area (Å²) < 4.78 is 17.3. The molecule has 4 aliphatic rings. The minimum atomic E-state index is -1.94. The van der Waals surface area contributed by atoms with E-state index in [-0.39, 0.29) is 18.3 Å². The molecule has 11 heteroatoms. The van der Waals surface area contributed by atoms with Gasteiger partial charge in [-0.05, 0) is 12.5 Å². The van der Waals surface area contributed by atoms with E-state index >= 15 is 0 Å². The lowest BCUT2D eigenvalue weighted by molar-refractivity contribution is -0.165. The van der Waals surface area contributed by atoms with E-state index in [9.17, 15) is 35.1 Å². The molecule has 5 rings (SSSR count). The zero-order chi connectivity index (χ0) is 25.8. The monoisotopic (exact) mass is 514 g/mol. The topological polar surface area (TPSA) is 167 Å². The largest absolute Gasteiger partial charge is 0.461 e. The first-order chi connectivity index (χ1) is 16.2. The molecule has 1 aromatic rings. The van der Waals surface area contributed by atoms with Gasteiger partial charge in [0.25, 0.3) is 0 Å². The Labute approximate surface area is 206 Å². The quantitative estimate of drug-likeness (QED) is 0.262. The number of fused-ring (bicyclic) bond motifs is 2. The fourth-order valence-electron chi connectivity index (χ4n) is 7.11. The van der Waals surface area contributed by atoms with E-state index in [4.69, 9.17) is 25.5 Å². The van der Waals surface area contributed by atoms with Gasteiger partial charge in [-0.3, -0.25) is 4.79 Å². The molecule has 0 unspecified atom stereocenters. The molecule has 35 heavy (non-hydrogen) atoms. The van der Waals surface area contributed by atoms with Gasteiger partial charge in [0.05, 0.1) is 42.8 Å². The summed E-state index contributed by atoms with van der Waals surface area (Å²) in [5.41, 5.74) is -4.53. The molecule has 1 saturated carbocycles. The van der Waals surface area contributed by atoms with Crippen LogP contribution >= 0.6 is 11.6 Å². The van der Waals surface area contributed by atoms with E-state index in [0.29, 0.717) is 11.1 Å². The third kappa shape index (κ3) is 2.93. The molecule has 2 aliphatic carbocycles. The zero-order valence-electron chi connectivity index (χ0n) is 19.8. The predicted octanol–water partition coefficient (Wildman–Crippen LogP) is -0.508. The number of hydrogen-bond donors (Lipinski definition) is 5. The van der Waals surface area contributed by atoms with Crippen molar-refractivity contribution >= 4 is 17.6 Å². The van der Waals surface area contributed by atoms with Crippen LogP contribution in [-0.4, -0.2) is 86.2 Å². The van der Waals surface area contributed by atoms with Crippen LogP contribution in [0.1, 0.15) is 56.4 Å². The third-order valence-electron chi connectivity index (χ3n) is 8.95. The van der Waals surface area contributed by atoms with Crippen molar-refractivity contribution in [1.29, 1.82) is 0 Å². The minimum absolute atomic E-state index is 0.279. The molecule has 0 amide bonds. The summed E-state index contributed by atoms with van der Waals surface area (Å²) in [5.74, 6) is -2.52. The SMILES string of the molecule is CC(C)c1oc(=O)cc2c1[C@H]([C@@H]1OC[C@](O)(CO)[C@H]1O)[C@H]1OC(=O)[C@@]3(C)[C@@H](O)[C@@H](O)[C@H](Cl)[C@]2(C)[C@@H]13. The van der Waals surface area contributed by atoms with Crippen LogP contribution in [0.3, 0.4) is 0 Å². The number of carbonyl (C=O) groups is 1. The van der Waals surface area contributed by atoms with E-state index in [1.165, 1.54) is 13.0 Å². The van der Waals surface area contributed by atoms with Gasteiger partial charge in [0.15, 0.2) is 0 Å². The Hall–Kier alpha value is -1.53. The number of halogens is 1. The fourth-order valence-corrected chi connectivity index (χ4v) is 7.50. The maximum atomic E-state index is 13.3. The summed E-state index contributed by atoms with van der Waals surface area (Å²) in [5, 5.41) is 52.3. The Balaban J connectivity index is 1.84. The van der Waals surface area contributed by atoms with Crippen molar-refractivity contribution in [1.82, 2.24) is 0 Å². The van der Waals surface area contributed by atoms with Crippen LogP contribution in [0.4, 0.5) is 0 Å². The number of carbonyl (C=O) groups excluding carboxylic acids is 1. The highest BCUT2D eigenvalue weighted by Gasteiger charge is 2.76. The van der Waals surface area contributed by atoms with Crippen molar-refractivity contribution < 1.29 is 44.2 Å². The first kappa shape index (κ1) is 25.1. The smallest absolute Gasteiger partial charge is 0.336 e. The molecule has 3 heterocycles. The lowest BCUT2D eigenvalue weighted by Gasteiger charge is -2.58. The third-order valence-corrected chi connectivity index (χ3v) is 9.66. The summed E-state index contributed by atoms with van der Waals surface area (Å²) >= 11 is 6.80. The van der Waals surface area contributed by atoms with Gasteiger partial charge in [-0.15, -0.1) is 11.6 Å². The van der Waals surface area contributed by atoms with E-state index in [1.54, 1.807) is 6.92 Å². The number of hydrogen-bond acceptors (Lipinski definition) is 10. The normalized spacial score (nSPS) is 48.6. The highest BCUT2D eigenvalue weighted by molar-refractivity contribution is 6.22. The average Bonchev–Trinajstić information content (AvgIpc) is 3.26. The van der Waals surface area contributed by atoms with E-state index in [0.717, 1.165) is 0 Å². The summed E-state index contributed by atoms with van der Waals surface area (Å²) in [6.45, 7) is 5.72. The second-order valence-corrected chi connectivity index (χ2v) is 11.6. The van der Waals surface area contributed by atoms with Crippen LogP contribution in [-0.2, 0) is 19.7 Å². The van der Waals surface area contributed by atoms with E-state index < -0.39 is 82.4 Å². The Morgan fingerprint density at radius 3 is 2.34 bits per heavy atom. The van der Waals surface area contributed by atoms with Crippen molar-refractivity contribution in [2.45, 2.75) is 86.4 Å². The van der Waals surface area contributed by atoms with Crippen LogP contribution < -0.4 is 5.63 Å². The van der Waals surface area contributed by atoms with Crippen LogP contribution in [0.15, 0.2) is 15.3 Å². The summed E-state index contributed by atoms with van der Waals surface area (Å²) in [7, 11) is 0. The van der Waals surface area contributed by atoms with Gasteiger partial charge in [0.1, 0.15) is 29.0 Å². The van der Waals surface area contributed by atoms with Crippen LogP contribution in [0.5, 0.6) is 0 Å². The Kier molecular flexibility index (Phi) is 5.56. The molecule has 2 saturated heterocycles. The van der Waals surface area contributed by atoms with Crippen molar-refractivity contribution in [2.24, 2.45) is 11.3 Å². The maximum absolute atomic E-state index is 13.3. The number of ether oxygens (including phenoxy) is 2. The van der Waals surface area contributed by atoms with E-state index in [1.807, 2.05) is 13.8 Å². The lowest BCUT2D eigenvalue weighted by atomic mass is 9.46. The second-order valence-electron chi connectivity index (χ2n) is 11.2. The first-order valence-corrected chi connectivity index (χ1v) is 12.2. The van der Waals surface area contributed by atoms with Crippen LogP contribution in [0.25, 0.3) is 0 Å². The molecule has 0 aromatic carbocycles. The van der Waals surface area contributed by atoms with Gasteiger partial charge < -0.3 is 39.4 Å². The average molecular weight is 515 g/mol. The van der Waals surface area contributed by atoms with Gasteiger partial charge in [0, 0.05) is 28.9 Å². The Morgan fingerprint density at radius 2 is 1.77 bits per heavy atom. The molecule has 0 radical (unpaired) electrons. The van der Waals surface area contributed by atoms with Gasteiger partial charge in [0.2, 0.25) is 0 Å². The molecule has 1 aromatic heterocycles. The Bertz CT molecular complexity index is 1120. The zero-order valence-corrected chi connectivity index (χ0v) is 20.6. The fraction of sp³-hybridized carbons (Fsp3) is 0.750. The maximum Gasteiger partial charge on any atom is 0.336 e. The molecule has 5 N–H and O–H groups in total. The van der Waals surface area contributed by atoms with Gasteiger partial charge in [-0.2, -0.15) is 0 Å². The number of alkyl halides is 1. The van der Waals surface area contributed by atoms with Gasteiger partial charge in [-0.1, -0.05) is 20.8 Å². The van der Waals surface area contributed by atoms with Gasteiger partial charge in [-0.25, -0.2) is 4.79 Å². The molecule has 194 valence electrons. The van der Waals surface area contributed by atoms with Crippen LogP contribution in [0.2, 0.25) is 0 Å². The number of rotatable bonds is 3. The molecular formula is C24H31ClO10. The molecule has 0 bridgehead atoms. The molecule has 11 atom stereocenters. The lowest BCUT2D eigenvalue weighted by Crippen LogP contribution is -2.69. The number of aliphatic hydroxyl groups is 5. The standard InChI is InChI=1S/C24H31ClO10/c1-8(2)14-11-9(5-10(27)34-14)22(3)17-15(12(11)16-20(30)24(32,6-26)7-33-16)35-21(31)23(17,4)19(29)13(28)18(22)25/h5,8,12-13,15-20,26,28-30,32H,6-7H2,1-4H3/t12-,13-,15+,16-,17+,18-,19-,20-,22-,23+,24+/m0/s1. The van der Waals surface area contributed by atoms with Crippen LogP contribution in [0, 0.1) is 11.3 Å². The molecule has 0 spiro atoms. The summed E-state index contributed by atoms with van der Waals surface area (Å²) in [4.78, 5) is 26.1. The molecule has 10 nitrogen and oxygen atoms in total. The minimum Gasteiger partial charge on any atom is -0.461 e. The summed E-state index contributed by atoms with van der Waals surface area (Å²) in [6, 6.07) is 1.27. The number of aliphatic hydroxyl groups excluding tert-OH is 4. The summed E-state index contributed by atoms with van der Waals surface area (Å²) in [6.07, 6.45) is -6.74.